The second kappa shape index (κ2) is 2.99. The summed E-state index contributed by atoms with van der Waals surface area (Å²) in [7, 11) is 0. The van der Waals surface area contributed by atoms with Crippen LogP contribution < -0.4 is 0 Å². The van der Waals surface area contributed by atoms with Crippen molar-refractivity contribution >= 4 is 15.9 Å². The van der Waals surface area contributed by atoms with E-state index in [-0.39, 0.29) is 4.47 Å². The van der Waals surface area contributed by atoms with Crippen LogP contribution in [0.25, 0.3) is 0 Å². The van der Waals surface area contributed by atoms with Gasteiger partial charge in [-0.3, -0.25) is 0 Å². The maximum absolute atomic E-state index is 9.10. The Morgan fingerprint density at radius 1 is 1.56 bits per heavy atom. The molecule has 0 aromatic heterocycles. The molecule has 1 rings (SSSR count). The molecule has 0 aliphatic carbocycles. The van der Waals surface area contributed by atoms with Crippen molar-refractivity contribution in [3.8, 4) is 0 Å². The van der Waals surface area contributed by atoms with Crippen LogP contribution in [0.2, 0.25) is 0 Å². The minimum Gasteiger partial charge on any atom is -0.392 e. The fourth-order valence-electron chi connectivity index (χ4n) is 0.353. The van der Waals surface area contributed by atoms with Crippen LogP contribution in [0.15, 0.2) is 28.6 Å². The van der Waals surface area contributed by atoms with E-state index in [2.05, 4.69) is 15.9 Å². The molecule has 0 radical (unpaired) electrons. The number of hydrogen-bond donors (Lipinski definition) is 1. The van der Waals surface area contributed by atoms with Gasteiger partial charge < -0.3 is 5.11 Å². The highest BCUT2D eigenvalue weighted by atomic mass is 79.9. The first kappa shape index (κ1) is 2.36. The zero-order valence-corrected chi connectivity index (χ0v) is 5.91. The van der Waals surface area contributed by atoms with Crippen molar-refractivity contribution in [2.24, 2.45) is 0 Å². The number of hydrogen-bond acceptors (Lipinski definition) is 1. The van der Waals surface area contributed by atoms with Gasteiger partial charge in [-0.2, -0.15) is 0 Å². The Hall–Kier alpha value is -0.340. The zero-order chi connectivity index (χ0) is 12.0. The van der Waals surface area contributed by atoms with Crippen LogP contribution in [0, 0.1) is 0 Å². The van der Waals surface area contributed by atoms with Gasteiger partial charge in [0.05, 0.1) is 14.8 Å². The topological polar surface area (TPSA) is 20.2 Å². The van der Waals surface area contributed by atoms with Gasteiger partial charge in [0.2, 0.25) is 0 Å². The Balaban J connectivity index is 3.68. The van der Waals surface area contributed by atoms with Gasteiger partial charge in [-0.15, -0.1) is 0 Å². The predicted molar refractivity (Wildman–Crippen MR) is 40.1 cm³/mol. The lowest BCUT2D eigenvalue weighted by Gasteiger charge is -1.92. The molecule has 2 heteroatoms. The lowest BCUT2D eigenvalue weighted by atomic mass is 10.2. The molecule has 48 valence electrons. The third-order valence-electron chi connectivity index (χ3n) is 0.706. The minimum atomic E-state index is -2.89. The van der Waals surface area contributed by atoms with Crippen LogP contribution in [-0.2, 0) is 6.56 Å². The summed E-state index contributed by atoms with van der Waals surface area (Å²) >= 11 is 2.86. The van der Waals surface area contributed by atoms with Crippen LogP contribution in [0.1, 0.15) is 13.8 Å². The number of benzene rings is 1. The van der Waals surface area contributed by atoms with Gasteiger partial charge in [-0.05, 0) is 17.6 Å². The molecular weight excluding hydrogens is 180 g/mol. The number of halogens is 1. The molecule has 0 aliphatic rings. The molecule has 0 saturated carbocycles. The molecule has 1 aromatic rings. The smallest absolute Gasteiger partial charge is 0.0681 e. The fraction of sp³-hybridized carbons (Fsp3) is 0.143. The second-order valence-corrected chi connectivity index (χ2v) is 2.09. The molecule has 1 nitrogen and oxygen atoms in total. The van der Waals surface area contributed by atoms with Gasteiger partial charge in [0, 0.05) is 4.47 Å². The Kier molecular flexibility index (Phi) is 0.785. The van der Waals surface area contributed by atoms with Crippen molar-refractivity contribution in [1.82, 2.24) is 0 Å². The number of aliphatic hydroxyl groups is 1. The van der Waals surface area contributed by atoms with E-state index >= 15 is 0 Å². The predicted octanol–water partition coefficient (Wildman–Crippen LogP) is 1.94. The summed E-state index contributed by atoms with van der Waals surface area (Å²) in [5.41, 5.74) is -0.652. The molecule has 0 fully saturated rings. The van der Waals surface area contributed by atoms with Gasteiger partial charge >= 0.3 is 0 Å². The van der Waals surface area contributed by atoms with Crippen molar-refractivity contribution in [1.29, 1.82) is 0 Å². The normalized spacial score (nSPS) is 20.7. The quantitative estimate of drug-likeness (QED) is 0.722. The van der Waals surface area contributed by atoms with Gasteiger partial charge in [0.25, 0.3) is 0 Å². The molecule has 0 spiro atoms. The van der Waals surface area contributed by atoms with Gasteiger partial charge in [-0.25, -0.2) is 0 Å². The summed E-state index contributed by atoms with van der Waals surface area (Å²) in [6.07, 6.45) is 0. The molecule has 1 aromatic carbocycles. The maximum atomic E-state index is 9.10. The molecule has 0 amide bonds. The number of rotatable bonds is 1. The van der Waals surface area contributed by atoms with E-state index in [4.69, 9.17) is 13.3 Å². The van der Waals surface area contributed by atoms with Crippen molar-refractivity contribution in [3.63, 3.8) is 0 Å². The van der Waals surface area contributed by atoms with Crippen LogP contribution in [0.5, 0.6) is 0 Å². The molecular formula is C7H7BrO. The third kappa shape index (κ3) is 1.80. The highest BCUT2D eigenvalue weighted by Crippen LogP contribution is 2.09. The first-order valence-electron chi connectivity index (χ1n) is 5.16. The first-order valence-corrected chi connectivity index (χ1v) is 2.96. The van der Waals surface area contributed by atoms with E-state index in [0.29, 0.717) is 0 Å². The molecule has 0 saturated heterocycles. The summed E-state index contributed by atoms with van der Waals surface area (Å²) < 4.78 is 43.6. The SMILES string of the molecule is [2H]c1c([2H])c(C([2H])([2H])O)c([2H])c([2H])c1Br. The standard InChI is InChI=1S/C7H7BrO/c8-7-3-1-6(5-9)2-4-7/h1-4,9H,5H2/i1D,2D,3D,4D,5D2. The Labute approximate surface area is 70.9 Å². The summed E-state index contributed by atoms with van der Waals surface area (Å²) in [6.45, 7) is -2.89. The third-order valence-corrected chi connectivity index (χ3v) is 1.10. The average Bonchev–Trinajstić information content (AvgIpc) is 2.09. The van der Waals surface area contributed by atoms with Crippen LogP contribution in [0.3, 0.4) is 0 Å². The van der Waals surface area contributed by atoms with Crippen LogP contribution in [-0.4, -0.2) is 5.11 Å². The zero-order valence-electron chi connectivity index (χ0n) is 10.3. The van der Waals surface area contributed by atoms with Crippen LogP contribution >= 0.6 is 15.9 Å². The molecule has 0 unspecified atom stereocenters. The Morgan fingerprint density at radius 3 is 2.56 bits per heavy atom. The largest absolute Gasteiger partial charge is 0.392 e. The van der Waals surface area contributed by atoms with E-state index < -0.39 is 36.3 Å². The highest BCUT2D eigenvalue weighted by Gasteiger charge is 1.86. The first-order chi connectivity index (χ1) is 6.68. The van der Waals surface area contributed by atoms with E-state index in [0.717, 1.165) is 0 Å². The second-order valence-electron chi connectivity index (χ2n) is 1.30. The van der Waals surface area contributed by atoms with E-state index in [9.17, 15) is 0 Å². The van der Waals surface area contributed by atoms with Crippen molar-refractivity contribution in [3.05, 3.63) is 34.2 Å². The monoisotopic (exact) mass is 192 g/mol. The molecule has 9 heavy (non-hydrogen) atoms. The van der Waals surface area contributed by atoms with Gasteiger partial charge in [0.1, 0.15) is 0 Å². The van der Waals surface area contributed by atoms with E-state index in [1.165, 1.54) is 0 Å². The minimum absolute atomic E-state index is 0.0505. The maximum Gasteiger partial charge on any atom is 0.0681 e. The molecule has 0 aliphatic heterocycles. The summed E-state index contributed by atoms with van der Waals surface area (Å²) in [5, 5.41) is 9.10. The van der Waals surface area contributed by atoms with Gasteiger partial charge in [0.15, 0.2) is 0 Å². The Bertz CT molecular complexity index is 384. The Morgan fingerprint density at radius 2 is 2.11 bits per heavy atom. The summed E-state index contributed by atoms with van der Waals surface area (Å²) in [5.74, 6) is 0. The lowest BCUT2D eigenvalue weighted by molar-refractivity contribution is 0.282. The molecule has 1 N–H and O–H groups in total. The van der Waals surface area contributed by atoms with E-state index in [1.54, 1.807) is 0 Å². The lowest BCUT2D eigenvalue weighted by Crippen LogP contribution is -1.79. The van der Waals surface area contributed by atoms with Crippen molar-refractivity contribution < 1.29 is 13.3 Å². The van der Waals surface area contributed by atoms with Crippen LogP contribution in [0.4, 0.5) is 0 Å². The molecule has 0 atom stereocenters. The average molecular weight is 193 g/mol. The fourth-order valence-corrected chi connectivity index (χ4v) is 0.551. The summed E-state index contributed by atoms with van der Waals surface area (Å²) in [4.78, 5) is 0. The highest BCUT2D eigenvalue weighted by molar-refractivity contribution is 9.10. The van der Waals surface area contributed by atoms with E-state index in [1.807, 2.05) is 0 Å². The van der Waals surface area contributed by atoms with Gasteiger partial charge in [-0.1, -0.05) is 28.0 Å². The van der Waals surface area contributed by atoms with Crippen molar-refractivity contribution in [2.75, 3.05) is 0 Å². The molecule has 0 heterocycles. The van der Waals surface area contributed by atoms with Crippen molar-refractivity contribution in [2.45, 2.75) is 6.56 Å². The molecule has 0 bridgehead atoms. The summed E-state index contributed by atoms with van der Waals surface area (Å²) in [6, 6.07) is -2.00.